The topological polar surface area (TPSA) is 504 Å². The summed E-state index contributed by atoms with van der Waals surface area (Å²) in [5, 5.41) is 208. The maximum absolute atomic E-state index is 11.8. The van der Waals surface area contributed by atoms with Crippen LogP contribution in [0.4, 0.5) is 0 Å². The van der Waals surface area contributed by atoms with Crippen molar-refractivity contribution in [3.63, 3.8) is 0 Å². The van der Waals surface area contributed by atoms with Gasteiger partial charge in [-0.15, -0.1) is 0 Å². The predicted octanol–water partition coefficient (Wildman–Crippen LogP) is -12.6. The summed E-state index contributed by atoms with van der Waals surface area (Å²) in [5.41, 5.74) is 0. The van der Waals surface area contributed by atoms with E-state index in [2.05, 4.69) is 0 Å². The van der Waals surface area contributed by atoms with Crippen molar-refractivity contribution in [3.8, 4) is 0 Å². The Bertz CT molecular complexity index is 1660. The second kappa shape index (κ2) is 25.7. The summed E-state index contributed by atoms with van der Waals surface area (Å²) in [6, 6.07) is 0. The molecule has 19 N–H and O–H groups in total. The molecular weight excluding hydrogens is 1000 g/mol. The third-order valence-corrected chi connectivity index (χ3v) is 13.8. The van der Waals surface area contributed by atoms with Gasteiger partial charge in [0.25, 0.3) is 0 Å². The highest BCUT2D eigenvalue weighted by molar-refractivity contribution is 5.01. The van der Waals surface area contributed by atoms with Gasteiger partial charge < -0.3 is 159 Å². The largest absolute Gasteiger partial charge is 0.394 e. The Kier molecular flexibility index (Phi) is 20.9. The normalized spacial score (nSPS) is 52.1. The molecule has 0 aromatic carbocycles. The first-order valence-corrected chi connectivity index (χ1v) is 23.7. The lowest BCUT2D eigenvalue weighted by Crippen LogP contribution is -2.69. The summed E-state index contributed by atoms with van der Waals surface area (Å²) in [5.74, 6) is 0. The van der Waals surface area contributed by atoms with Crippen LogP contribution in [0.25, 0.3) is 0 Å². The average Bonchev–Trinajstić information content (AvgIpc) is 3.37. The van der Waals surface area contributed by atoms with Crippen LogP contribution in [0.1, 0.15) is 19.8 Å². The minimum atomic E-state index is -2.20. The van der Waals surface area contributed by atoms with E-state index in [1.165, 1.54) is 6.92 Å². The summed E-state index contributed by atoms with van der Waals surface area (Å²) >= 11 is 0. The van der Waals surface area contributed by atoms with Gasteiger partial charge in [-0.25, -0.2) is 0 Å². The highest BCUT2D eigenvalue weighted by Gasteiger charge is 2.59. The zero-order chi connectivity index (χ0) is 53.3. The molecule has 0 amide bonds. The number of hydrogen-bond acceptors (Lipinski definition) is 32. The minimum Gasteiger partial charge on any atom is -0.394 e. The highest BCUT2D eigenvalue weighted by atomic mass is 16.8. The van der Waals surface area contributed by atoms with Crippen LogP contribution in [0.2, 0.25) is 0 Å². The monoisotopic (exact) mass is 1070 g/mol. The van der Waals surface area contributed by atoms with Crippen LogP contribution in [0.5, 0.6) is 0 Å². The van der Waals surface area contributed by atoms with Gasteiger partial charge in [0.05, 0.1) is 45.7 Å². The molecular formula is C41H70O32. The molecule has 426 valence electrons. The summed E-state index contributed by atoms with van der Waals surface area (Å²) in [4.78, 5) is 0. The van der Waals surface area contributed by atoms with E-state index < -0.39 is 236 Å². The Hall–Kier alpha value is -1.28. The summed E-state index contributed by atoms with van der Waals surface area (Å²) in [6.07, 6.45) is -62.3. The third kappa shape index (κ3) is 12.5. The molecule has 32 nitrogen and oxygen atoms in total. The van der Waals surface area contributed by atoms with Gasteiger partial charge in [0.2, 0.25) is 0 Å². The Morgan fingerprint density at radius 3 is 0.753 bits per heavy atom. The fourth-order valence-electron chi connectivity index (χ4n) is 9.70. The second-order valence-corrected chi connectivity index (χ2v) is 18.8. The Labute approximate surface area is 414 Å². The van der Waals surface area contributed by atoms with Gasteiger partial charge in [0, 0.05) is 6.42 Å². The lowest BCUT2D eigenvalue weighted by Gasteiger charge is -2.51. The first-order chi connectivity index (χ1) is 34.7. The molecule has 73 heavy (non-hydrogen) atoms. The molecule has 2 unspecified atom stereocenters. The number of hydrogen-bond donors (Lipinski definition) is 19. The summed E-state index contributed by atoms with van der Waals surface area (Å²) < 4.78 is 74.8. The second-order valence-electron chi connectivity index (χ2n) is 18.8. The molecule has 22 heterocycles. The lowest BCUT2D eigenvalue weighted by molar-refractivity contribution is -0.407. The minimum absolute atomic E-state index is 0.0518. The van der Waals surface area contributed by atoms with Crippen molar-refractivity contribution in [2.75, 3.05) is 39.6 Å². The van der Waals surface area contributed by atoms with Crippen LogP contribution in [0, 0.1) is 0 Å². The molecule has 12 bridgehead atoms. The van der Waals surface area contributed by atoms with Crippen molar-refractivity contribution in [1.29, 1.82) is 0 Å². The molecule has 0 spiro atoms. The van der Waals surface area contributed by atoms with Crippen molar-refractivity contribution in [1.82, 2.24) is 0 Å². The fourth-order valence-corrected chi connectivity index (χ4v) is 9.70. The van der Waals surface area contributed by atoms with Gasteiger partial charge >= 0.3 is 0 Å². The standard InChI is InChI=1S/C41H70O32/c1-10(48)2-3-17(49)67-35-28(60)41-66-16(9-47)34(35)73-40-27(59)22(54)32(14(7-45)65-40)71-38-25(57)20(52)30(12(5-43)63-38)69-36-23(55)18(50)29(11(4-42)61-36)68-37-24(56)19(51)31(13(6-44)62-37)70-39-26(58)21(53)33(72-41)15(8-46)64-39/h10-60H,2-9H2,1H3/t10?,11-,12-,13-,14-,15-,16-,17?,18-,19-,20-,21-,22-,23-,24-,25-,26-,27-,28-,29-,30-,31-,32-,33-,34+,35-,36-,37-,38-,39-,40-,41-/m1/s1. The quantitative estimate of drug-likeness (QED) is 0.0854. The van der Waals surface area contributed by atoms with Gasteiger partial charge in [0.15, 0.2) is 44.0 Å². The highest BCUT2D eigenvalue weighted by Crippen LogP contribution is 2.39. The zero-order valence-electron chi connectivity index (χ0n) is 38.9. The van der Waals surface area contributed by atoms with Crippen LogP contribution in [0.3, 0.4) is 0 Å². The van der Waals surface area contributed by atoms with Gasteiger partial charge in [-0.1, -0.05) is 0 Å². The van der Waals surface area contributed by atoms with Crippen molar-refractivity contribution in [2.24, 2.45) is 0 Å². The van der Waals surface area contributed by atoms with E-state index in [0.29, 0.717) is 0 Å². The zero-order valence-corrected chi connectivity index (χ0v) is 38.9. The molecule has 22 aliphatic rings. The van der Waals surface area contributed by atoms with Crippen LogP contribution in [-0.2, 0) is 61.6 Å². The van der Waals surface area contributed by atoms with E-state index in [0.717, 1.165) is 0 Å². The molecule has 0 saturated carbocycles. The summed E-state index contributed by atoms with van der Waals surface area (Å²) in [7, 11) is 0. The Balaban J connectivity index is 1.22. The van der Waals surface area contributed by atoms with Gasteiger partial charge in [-0.3, -0.25) is 0 Å². The van der Waals surface area contributed by atoms with Gasteiger partial charge in [-0.2, -0.15) is 0 Å². The van der Waals surface area contributed by atoms with Crippen molar-refractivity contribution in [2.45, 2.75) is 216 Å². The molecule has 32 atom stereocenters. The molecule has 0 aromatic heterocycles. The van der Waals surface area contributed by atoms with E-state index >= 15 is 0 Å². The number of ether oxygens (including phenoxy) is 13. The third-order valence-electron chi connectivity index (χ3n) is 13.8. The van der Waals surface area contributed by atoms with Gasteiger partial charge in [0.1, 0.15) is 146 Å². The predicted molar refractivity (Wildman–Crippen MR) is 222 cm³/mol. The molecule has 22 aliphatic heterocycles. The van der Waals surface area contributed by atoms with E-state index in [1.54, 1.807) is 0 Å². The first kappa shape index (κ1) is 59.4. The maximum Gasteiger partial charge on any atom is 0.187 e. The molecule has 32 heteroatoms. The summed E-state index contributed by atoms with van der Waals surface area (Å²) in [6.45, 7) is -4.74. The van der Waals surface area contributed by atoms with Crippen molar-refractivity contribution >= 4 is 0 Å². The first-order valence-electron chi connectivity index (χ1n) is 23.7. The SMILES string of the molecule is CC(O)CCC(O)O[C@@H]1[C@@H](O)[C@H]2O[C@H]3[C@H](O)[C@@H](O)[C@@H](O[C@H]4[C@H](O)[C@@H](O)[C@@H](O[C@H]5[C@H](O)[C@@H](O)[C@@H](O[C@H]6[C@H](O)[C@@H](O)[C@@H](O[C@H]7[C@H](O)[C@@H](O)[C@@H](O[C@H]1[C@@H](CO)O2)O[C@@H]7CO)O[C@@H]6CO)O[C@@H]5CO)O[C@@H]4CO)O[C@@H]3CO. The molecule has 22 saturated heterocycles. The van der Waals surface area contributed by atoms with E-state index in [1.807, 2.05) is 0 Å². The number of aliphatic hydroxyl groups excluding tert-OH is 19. The van der Waals surface area contributed by atoms with Gasteiger partial charge in [-0.05, 0) is 13.3 Å². The van der Waals surface area contributed by atoms with Crippen molar-refractivity contribution < 1.29 is 159 Å². The fraction of sp³-hybridized carbons (Fsp3) is 1.00. The molecule has 22 fully saturated rings. The van der Waals surface area contributed by atoms with Crippen molar-refractivity contribution in [3.05, 3.63) is 0 Å². The molecule has 0 aromatic rings. The van der Waals surface area contributed by atoms with E-state index in [4.69, 9.17) is 61.6 Å². The molecule has 22 rings (SSSR count). The lowest BCUT2D eigenvalue weighted by atomic mass is 9.94. The van der Waals surface area contributed by atoms with Crippen LogP contribution in [0.15, 0.2) is 0 Å². The molecule has 0 radical (unpaired) electrons. The maximum atomic E-state index is 11.8. The van der Waals surface area contributed by atoms with E-state index in [9.17, 15) is 97.0 Å². The average molecular weight is 1070 g/mol. The number of aliphatic hydroxyl groups is 19. The van der Waals surface area contributed by atoms with E-state index in [-0.39, 0.29) is 12.8 Å². The smallest absolute Gasteiger partial charge is 0.187 e. The van der Waals surface area contributed by atoms with Crippen LogP contribution in [-0.4, -0.2) is 333 Å². The number of rotatable bonds is 11. The molecule has 0 aliphatic carbocycles. The van der Waals surface area contributed by atoms with Crippen LogP contribution >= 0.6 is 0 Å². The Morgan fingerprint density at radius 2 is 0.521 bits per heavy atom. The Morgan fingerprint density at radius 1 is 0.301 bits per heavy atom. The van der Waals surface area contributed by atoms with Crippen LogP contribution < -0.4 is 0 Å².